The first kappa shape index (κ1) is 17.2. The Morgan fingerprint density at radius 1 is 0.750 bits per heavy atom. The molecule has 0 spiro atoms. The van der Waals surface area contributed by atoms with Crippen LogP contribution in [0.1, 0.15) is 11.1 Å². The van der Waals surface area contributed by atoms with Gasteiger partial charge in [0.15, 0.2) is 0 Å². The summed E-state index contributed by atoms with van der Waals surface area (Å²) >= 11 is 9.05. The van der Waals surface area contributed by atoms with E-state index in [4.69, 9.17) is 23.1 Å². The number of benzene rings is 2. The van der Waals surface area contributed by atoms with Crippen LogP contribution in [0.4, 0.5) is 0 Å². The molecule has 4 N–H and O–H groups in total. The number of hydrogen-bond acceptors (Lipinski definition) is 2. The lowest BCUT2D eigenvalue weighted by molar-refractivity contribution is 0.968. The molecular formula is C16H20BrClN2. The summed E-state index contributed by atoms with van der Waals surface area (Å²) in [5.41, 5.74) is 13.3. The predicted octanol–water partition coefficient (Wildman–Crippen LogP) is 3.79. The molecule has 0 unspecified atom stereocenters. The van der Waals surface area contributed by atoms with Crippen LogP contribution in [-0.2, 0) is 12.8 Å². The van der Waals surface area contributed by atoms with Crippen molar-refractivity contribution < 1.29 is 0 Å². The molecule has 4 heteroatoms. The van der Waals surface area contributed by atoms with E-state index in [2.05, 4.69) is 28.1 Å². The minimum absolute atomic E-state index is 0.696. The summed E-state index contributed by atoms with van der Waals surface area (Å²) in [5.74, 6) is 0. The van der Waals surface area contributed by atoms with E-state index < -0.39 is 0 Å². The van der Waals surface area contributed by atoms with Crippen molar-refractivity contribution in [2.24, 2.45) is 11.5 Å². The predicted molar refractivity (Wildman–Crippen MR) is 91.1 cm³/mol. The van der Waals surface area contributed by atoms with E-state index in [0.29, 0.717) is 6.54 Å². The van der Waals surface area contributed by atoms with Gasteiger partial charge in [-0.15, -0.1) is 0 Å². The van der Waals surface area contributed by atoms with Gasteiger partial charge >= 0.3 is 0 Å². The Kier molecular flexibility index (Phi) is 8.54. The highest BCUT2D eigenvalue weighted by molar-refractivity contribution is 9.10. The average molecular weight is 356 g/mol. The van der Waals surface area contributed by atoms with Gasteiger partial charge in [-0.2, -0.15) is 0 Å². The maximum atomic E-state index is 5.68. The highest BCUT2D eigenvalue weighted by atomic mass is 79.9. The Labute approximate surface area is 134 Å². The van der Waals surface area contributed by atoms with Crippen LogP contribution in [0.15, 0.2) is 53.0 Å². The normalized spacial score (nSPS) is 9.80. The molecule has 0 fully saturated rings. The van der Waals surface area contributed by atoms with E-state index in [1.54, 1.807) is 0 Å². The van der Waals surface area contributed by atoms with Crippen LogP contribution in [0.25, 0.3) is 0 Å². The summed E-state index contributed by atoms with van der Waals surface area (Å²) in [6.45, 7) is 1.42. The van der Waals surface area contributed by atoms with Crippen LogP contribution in [0, 0.1) is 0 Å². The highest BCUT2D eigenvalue weighted by Gasteiger charge is 1.90. The molecule has 0 saturated heterocycles. The molecule has 0 aromatic heterocycles. The topological polar surface area (TPSA) is 52.0 Å². The van der Waals surface area contributed by atoms with Gasteiger partial charge in [-0.25, -0.2) is 0 Å². The van der Waals surface area contributed by atoms with Crippen LogP contribution in [0.5, 0.6) is 0 Å². The lowest BCUT2D eigenvalue weighted by atomic mass is 10.2. The smallest absolute Gasteiger partial charge is 0.0406 e. The van der Waals surface area contributed by atoms with Gasteiger partial charge in [0, 0.05) is 9.50 Å². The largest absolute Gasteiger partial charge is 0.330 e. The van der Waals surface area contributed by atoms with E-state index in [0.717, 1.165) is 28.9 Å². The molecular weight excluding hydrogens is 336 g/mol. The van der Waals surface area contributed by atoms with Crippen molar-refractivity contribution in [1.29, 1.82) is 0 Å². The summed E-state index contributed by atoms with van der Waals surface area (Å²) in [6.07, 6.45) is 1.89. The molecule has 2 nitrogen and oxygen atoms in total. The summed E-state index contributed by atoms with van der Waals surface area (Å²) in [6, 6.07) is 16.0. The zero-order chi connectivity index (χ0) is 14.8. The maximum Gasteiger partial charge on any atom is 0.0406 e. The summed E-state index contributed by atoms with van der Waals surface area (Å²) in [5, 5.41) is 0.778. The Hall–Kier alpha value is -0.870. The molecule has 0 aliphatic heterocycles. The van der Waals surface area contributed by atoms with Gasteiger partial charge in [0.2, 0.25) is 0 Å². The Balaban J connectivity index is 0.000000200. The minimum atomic E-state index is 0.696. The van der Waals surface area contributed by atoms with E-state index in [1.165, 1.54) is 11.1 Å². The lowest BCUT2D eigenvalue weighted by Gasteiger charge is -1.96. The average Bonchev–Trinajstić information content (AvgIpc) is 2.45. The minimum Gasteiger partial charge on any atom is -0.330 e. The summed E-state index contributed by atoms with van der Waals surface area (Å²) in [4.78, 5) is 0. The second-order valence-corrected chi connectivity index (χ2v) is 5.68. The molecule has 0 saturated carbocycles. The van der Waals surface area contributed by atoms with Crippen molar-refractivity contribution in [2.45, 2.75) is 12.8 Å². The third-order valence-corrected chi connectivity index (χ3v) is 3.47. The van der Waals surface area contributed by atoms with Crippen molar-refractivity contribution >= 4 is 27.5 Å². The van der Waals surface area contributed by atoms with E-state index in [1.807, 2.05) is 36.4 Å². The van der Waals surface area contributed by atoms with Crippen LogP contribution in [0.2, 0.25) is 5.02 Å². The fourth-order valence-electron chi connectivity index (χ4n) is 1.64. The van der Waals surface area contributed by atoms with Gasteiger partial charge in [-0.3, -0.25) is 0 Å². The van der Waals surface area contributed by atoms with E-state index in [-0.39, 0.29) is 0 Å². The van der Waals surface area contributed by atoms with E-state index in [9.17, 15) is 0 Å². The molecule has 0 radical (unpaired) electrons. The fraction of sp³-hybridized carbons (Fsp3) is 0.250. The van der Waals surface area contributed by atoms with Gasteiger partial charge < -0.3 is 11.5 Å². The molecule has 0 bridgehead atoms. The molecule has 0 aliphatic carbocycles. The van der Waals surface area contributed by atoms with Crippen molar-refractivity contribution in [3.05, 3.63) is 69.2 Å². The zero-order valence-electron chi connectivity index (χ0n) is 11.4. The van der Waals surface area contributed by atoms with E-state index >= 15 is 0 Å². The third-order valence-electron chi connectivity index (χ3n) is 2.69. The molecule has 2 aromatic rings. The molecule has 0 aliphatic rings. The van der Waals surface area contributed by atoms with Gasteiger partial charge in [-0.1, -0.05) is 51.8 Å². The highest BCUT2D eigenvalue weighted by Crippen LogP contribution is 2.10. The van der Waals surface area contributed by atoms with Gasteiger partial charge in [-0.05, 0) is 61.3 Å². The second kappa shape index (κ2) is 9.94. The first-order valence-corrected chi connectivity index (χ1v) is 7.72. The number of halogens is 2. The van der Waals surface area contributed by atoms with Crippen LogP contribution < -0.4 is 11.5 Å². The first-order chi connectivity index (χ1) is 9.65. The SMILES string of the molecule is NCCc1ccc(Br)cc1.NCCc1ccc(Cl)cc1. The number of rotatable bonds is 4. The molecule has 2 rings (SSSR count). The van der Waals surface area contributed by atoms with Gasteiger partial charge in [0.1, 0.15) is 0 Å². The maximum absolute atomic E-state index is 5.68. The molecule has 2 aromatic carbocycles. The lowest BCUT2D eigenvalue weighted by Crippen LogP contribution is -2.01. The number of nitrogens with two attached hydrogens (primary N) is 2. The Morgan fingerprint density at radius 3 is 1.55 bits per heavy atom. The van der Waals surface area contributed by atoms with Gasteiger partial charge in [0.05, 0.1) is 0 Å². The van der Waals surface area contributed by atoms with Crippen LogP contribution in [0.3, 0.4) is 0 Å². The summed E-state index contributed by atoms with van der Waals surface area (Å²) < 4.78 is 1.12. The standard InChI is InChI=1S/C8H10BrN.C8H10ClN/c2*9-8-3-1-7(2-4-8)5-6-10/h2*1-4H,5-6,10H2. The number of hydrogen-bond donors (Lipinski definition) is 2. The molecule has 108 valence electrons. The Bertz CT molecular complexity index is 435. The monoisotopic (exact) mass is 354 g/mol. The first-order valence-electron chi connectivity index (χ1n) is 6.54. The van der Waals surface area contributed by atoms with Crippen LogP contribution in [-0.4, -0.2) is 13.1 Å². The van der Waals surface area contributed by atoms with Crippen molar-refractivity contribution in [2.75, 3.05) is 13.1 Å². The molecule has 0 atom stereocenters. The van der Waals surface area contributed by atoms with Gasteiger partial charge in [0.25, 0.3) is 0 Å². The quantitative estimate of drug-likeness (QED) is 0.876. The summed E-state index contributed by atoms with van der Waals surface area (Å²) in [7, 11) is 0. The third kappa shape index (κ3) is 7.06. The van der Waals surface area contributed by atoms with Crippen molar-refractivity contribution in [3.63, 3.8) is 0 Å². The Morgan fingerprint density at radius 2 is 1.15 bits per heavy atom. The zero-order valence-corrected chi connectivity index (χ0v) is 13.7. The van der Waals surface area contributed by atoms with Crippen molar-refractivity contribution in [1.82, 2.24) is 0 Å². The fourth-order valence-corrected chi connectivity index (χ4v) is 2.03. The molecule has 0 amide bonds. The molecule has 0 heterocycles. The molecule has 20 heavy (non-hydrogen) atoms. The van der Waals surface area contributed by atoms with Crippen LogP contribution >= 0.6 is 27.5 Å². The second-order valence-electron chi connectivity index (χ2n) is 4.33. The van der Waals surface area contributed by atoms with Crippen molar-refractivity contribution in [3.8, 4) is 0 Å².